The number of rotatable bonds is 6. The molecule has 1 rings (SSSR count). The van der Waals surface area contributed by atoms with E-state index in [1.54, 1.807) is 12.1 Å². The lowest BCUT2D eigenvalue weighted by atomic mass is 10.3. The Bertz CT molecular complexity index is 389. The van der Waals surface area contributed by atoms with Gasteiger partial charge in [0.15, 0.2) is 0 Å². The SMILES string of the molecule is CCCCOC(=O)CN(C(C)=O)c1ccccc1. The van der Waals surface area contributed by atoms with Crippen molar-refractivity contribution in [2.75, 3.05) is 18.1 Å². The number of carbonyl (C=O) groups excluding carboxylic acids is 2. The molecule has 1 amide bonds. The molecule has 0 N–H and O–H groups in total. The molecule has 0 heterocycles. The Morgan fingerprint density at radius 2 is 1.89 bits per heavy atom. The fourth-order valence-corrected chi connectivity index (χ4v) is 1.50. The van der Waals surface area contributed by atoms with Gasteiger partial charge in [-0.15, -0.1) is 0 Å². The van der Waals surface area contributed by atoms with Crippen LogP contribution < -0.4 is 4.90 Å². The van der Waals surface area contributed by atoms with Crippen molar-refractivity contribution in [2.24, 2.45) is 0 Å². The van der Waals surface area contributed by atoms with Crippen LogP contribution >= 0.6 is 0 Å². The van der Waals surface area contributed by atoms with E-state index in [2.05, 4.69) is 0 Å². The molecule has 18 heavy (non-hydrogen) atoms. The Morgan fingerprint density at radius 1 is 1.22 bits per heavy atom. The number of amides is 1. The molecule has 0 aliphatic rings. The van der Waals surface area contributed by atoms with E-state index in [4.69, 9.17) is 4.74 Å². The topological polar surface area (TPSA) is 46.6 Å². The van der Waals surface area contributed by atoms with E-state index in [-0.39, 0.29) is 18.4 Å². The fourth-order valence-electron chi connectivity index (χ4n) is 1.50. The molecule has 0 aromatic heterocycles. The van der Waals surface area contributed by atoms with Crippen LogP contribution in [0.1, 0.15) is 26.7 Å². The van der Waals surface area contributed by atoms with Gasteiger partial charge in [-0.3, -0.25) is 9.59 Å². The smallest absolute Gasteiger partial charge is 0.326 e. The van der Waals surface area contributed by atoms with Gasteiger partial charge in [0.2, 0.25) is 5.91 Å². The summed E-state index contributed by atoms with van der Waals surface area (Å²) >= 11 is 0. The van der Waals surface area contributed by atoms with Gasteiger partial charge in [0, 0.05) is 12.6 Å². The van der Waals surface area contributed by atoms with Crippen molar-refractivity contribution in [3.63, 3.8) is 0 Å². The molecular weight excluding hydrogens is 230 g/mol. The molecule has 4 heteroatoms. The summed E-state index contributed by atoms with van der Waals surface area (Å²) in [6.45, 7) is 3.84. The summed E-state index contributed by atoms with van der Waals surface area (Å²) < 4.78 is 5.05. The average molecular weight is 249 g/mol. The Morgan fingerprint density at radius 3 is 2.44 bits per heavy atom. The molecule has 4 nitrogen and oxygen atoms in total. The van der Waals surface area contributed by atoms with Gasteiger partial charge in [-0.05, 0) is 18.6 Å². The normalized spacial score (nSPS) is 9.89. The van der Waals surface area contributed by atoms with Gasteiger partial charge in [0.05, 0.1) is 6.61 Å². The molecule has 0 spiro atoms. The Labute approximate surface area is 108 Å². The number of anilines is 1. The third-order valence-electron chi connectivity index (χ3n) is 2.50. The largest absolute Gasteiger partial charge is 0.464 e. The summed E-state index contributed by atoms with van der Waals surface area (Å²) in [5, 5.41) is 0. The number of esters is 1. The molecule has 0 fully saturated rings. The summed E-state index contributed by atoms with van der Waals surface area (Å²) in [4.78, 5) is 24.5. The maximum Gasteiger partial charge on any atom is 0.326 e. The van der Waals surface area contributed by atoms with Crippen molar-refractivity contribution in [1.29, 1.82) is 0 Å². The summed E-state index contributed by atoms with van der Waals surface area (Å²) in [5.74, 6) is -0.545. The second kappa shape index (κ2) is 7.48. The van der Waals surface area contributed by atoms with Crippen molar-refractivity contribution < 1.29 is 14.3 Å². The van der Waals surface area contributed by atoms with Crippen molar-refractivity contribution in [2.45, 2.75) is 26.7 Å². The minimum Gasteiger partial charge on any atom is -0.464 e. The highest BCUT2D eigenvalue weighted by atomic mass is 16.5. The highest BCUT2D eigenvalue weighted by Gasteiger charge is 2.16. The molecule has 0 aliphatic heterocycles. The standard InChI is InChI=1S/C14H19NO3/c1-3-4-10-18-14(17)11-15(12(2)16)13-8-6-5-7-9-13/h5-9H,3-4,10-11H2,1-2H3. The molecule has 0 atom stereocenters. The van der Waals surface area contributed by atoms with Crippen molar-refractivity contribution in [1.82, 2.24) is 0 Å². The van der Waals surface area contributed by atoms with Gasteiger partial charge >= 0.3 is 5.97 Å². The Hall–Kier alpha value is -1.84. The first-order valence-electron chi connectivity index (χ1n) is 6.14. The maximum absolute atomic E-state index is 11.6. The summed E-state index contributed by atoms with van der Waals surface area (Å²) in [5.41, 5.74) is 0.706. The first-order chi connectivity index (χ1) is 8.65. The summed E-state index contributed by atoms with van der Waals surface area (Å²) in [6.07, 6.45) is 1.82. The molecule has 98 valence electrons. The fraction of sp³-hybridized carbons (Fsp3) is 0.429. The van der Waals surface area contributed by atoms with Crippen LogP contribution in [0.5, 0.6) is 0 Å². The number of carbonyl (C=O) groups is 2. The molecule has 0 saturated carbocycles. The molecule has 0 saturated heterocycles. The second-order valence-electron chi connectivity index (χ2n) is 4.01. The number of nitrogens with zero attached hydrogens (tertiary/aromatic N) is 1. The number of ether oxygens (including phenoxy) is 1. The minimum absolute atomic E-state index is 0.0386. The zero-order valence-electron chi connectivity index (χ0n) is 10.9. The van der Waals surface area contributed by atoms with Crippen LogP contribution in [-0.2, 0) is 14.3 Å². The van der Waals surface area contributed by atoms with Crippen LogP contribution in [0.3, 0.4) is 0 Å². The Balaban J connectivity index is 2.59. The van der Waals surface area contributed by atoms with E-state index in [0.717, 1.165) is 12.8 Å². The first-order valence-corrected chi connectivity index (χ1v) is 6.14. The number of hydrogen-bond acceptors (Lipinski definition) is 3. The Kier molecular flexibility index (Phi) is 5.91. The van der Waals surface area contributed by atoms with Crippen LogP contribution in [-0.4, -0.2) is 25.0 Å². The highest BCUT2D eigenvalue weighted by molar-refractivity contribution is 5.96. The molecule has 0 radical (unpaired) electrons. The van der Waals surface area contributed by atoms with Crippen molar-refractivity contribution in [3.8, 4) is 0 Å². The minimum atomic E-state index is -0.373. The van der Waals surface area contributed by atoms with Crippen LogP contribution in [0.25, 0.3) is 0 Å². The van der Waals surface area contributed by atoms with E-state index >= 15 is 0 Å². The molecule has 0 unspecified atom stereocenters. The van der Waals surface area contributed by atoms with Crippen LogP contribution in [0.4, 0.5) is 5.69 Å². The average Bonchev–Trinajstić information content (AvgIpc) is 2.37. The molecule has 1 aromatic rings. The number of para-hydroxylation sites is 1. The summed E-state index contributed by atoms with van der Waals surface area (Å²) in [7, 11) is 0. The lowest BCUT2D eigenvalue weighted by Crippen LogP contribution is -2.34. The number of benzene rings is 1. The van der Waals surface area contributed by atoms with Crippen molar-refractivity contribution >= 4 is 17.6 Å². The first kappa shape index (κ1) is 14.2. The number of unbranched alkanes of at least 4 members (excludes halogenated alkanes) is 1. The monoisotopic (exact) mass is 249 g/mol. The molecule has 0 bridgehead atoms. The molecule has 0 aliphatic carbocycles. The van der Waals surface area contributed by atoms with E-state index in [1.165, 1.54) is 11.8 Å². The van der Waals surface area contributed by atoms with Crippen LogP contribution in [0.2, 0.25) is 0 Å². The lowest BCUT2D eigenvalue weighted by molar-refractivity contribution is -0.142. The van der Waals surface area contributed by atoms with Crippen molar-refractivity contribution in [3.05, 3.63) is 30.3 Å². The van der Waals surface area contributed by atoms with Crippen LogP contribution in [0, 0.1) is 0 Å². The van der Waals surface area contributed by atoms with Gasteiger partial charge in [-0.25, -0.2) is 0 Å². The third-order valence-corrected chi connectivity index (χ3v) is 2.50. The predicted molar refractivity (Wildman–Crippen MR) is 70.3 cm³/mol. The zero-order valence-corrected chi connectivity index (χ0v) is 10.9. The molecular formula is C14H19NO3. The van der Waals surface area contributed by atoms with E-state index in [1.807, 2.05) is 25.1 Å². The van der Waals surface area contributed by atoms with Gasteiger partial charge in [-0.2, -0.15) is 0 Å². The second-order valence-corrected chi connectivity index (χ2v) is 4.01. The maximum atomic E-state index is 11.6. The van der Waals surface area contributed by atoms with Gasteiger partial charge in [-0.1, -0.05) is 31.5 Å². The molecule has 1 aromatic carbocycles. The van der Waals surface area contributed by atoms with E-state index in [0.29, 0.717) is 12.3 Å². The predicted octanol–water partition coefficient (Wildman–Crippen LogP) is 2.38. The summed E-state index contributed by atoms with van der Waals surface area (Å²) in [6, 6.07) is 9.10. The van der Waals surface area contributed by atoms with Gasteiger partial charge < -0.3 is 9.64 Å². The quantitative estimate of drug-likeness (QED) is 0.574. The van der Waals surface area contributed by atoms with E-state index < -0.39 is 0 Å². The third kappa shape index (κ3) is 4.57. The van der Waals surface area contributed by atoms with Gasteiger partial charge in [0.1, 0.15) is 6.54 Å². The van der Waals surface area contributed by atoms with E-state index in [9.17, 15) is 9.59 Å². The van der Waals surface area contributed by atoms with Gasteiger partial charge in [0.25, 0.3) is 0 Å². The number of hydrogen-bond donors (Lipinski definition) is 0. The lowest BCUT2D eigenvalue weighted by Gasteiger charge is -2.20. The highest BCUT2D eigenvalue weighted by Crippen LogP contribution is 2.13. The van der Waals surface area contributed by atoms with Crippen LogP contribution in [0.15, 0.2) is 30.3 Å². The zero-order chi connectivity index (χ0) is 13.4.